The molecule has 7 nitrogen and oxygen atoms in total. The molecule has 1 heterocycles. The molecular formula is C19H24ClN3O4. The van der Waals surface area contributed by atoms with Crippen LogP contribution in [0.25, 0.3) is 0 Å². The molecule has 1 saturated heterocycles. The van der Waals surface area contributed by atoms with Crippen LogP contribution in [0.3, 0.4) is 0 Å². The Labute approximate surface area is 164 Å². The van der Waals surface area contributed by atoms with Crippen molar-refractivity contribution in [3.63, 3.8) is 0 Å². The van der Waals surface area contributed by atoms with Crippen molar-refractivity contribution in [3.8, 4) is 11.5 Å². The van der Waals surface area contributed by atoms with E-state index in [0.29, 0.717) is 18.9 Å². The summed E-state index contributed by atoms with van der Waals surface area (Å²) in [6.45, 7) is 3.67. The summed E-state index contributed by atoms with van der Waals surface area (Å²) >= 11 is 0. The van der Waals surface area contributed by atoms with Crippen LogP contribution in [0.4, 0.5) is 5.69 Å². The molecule has 0 bridgehead atoms. The third-order valence-corrected chi connectivity index (χ3v) is 4.55. The highest BCUT2D eigenvalue weighted by atomic mass is 35.5. The quantitative estimate of drug-likeness (QED) is 0.575. The second-order valence-electron chi connectivity index (χ2n) is 6.07. The molecule has 1 aliphatic rings. The number of nitrogens with one attached hydrogen (secondary N) is 1. The van der Waals surface area contributed by atoms with E-state index in [1.54, 1.807) is 25.3 Å². The molecule has 1 aliphatic heterocycles. The maximum absolute atomic E-state index is 11.1. The van der Waals surface area contributed by atoms with Crippen LogP contribution in [0.15, 0.2) is 48.5 Å². The lowest BCUT2D eigenvalue weighted by molar-refractivity contribution is -0.385. The van der Waals surface area contributed by atoms with Crippen LogP contribution in [-0.2, 0) is 0 Å². The van der Waals surface area contributed by atoms with E-state index in [1.807, 2.05) is 18.2 Å². The van der Waals surface area contributed by atoms with Gasteiger partial charge in [0.05, 0.1) is 18.1 Å². The van der Waals surface area contributed by atoms with Gasteiger partial charge < -0.3 is 14.8 Å². The predicted octanol–water partition coefficient (Wildman–Crippen LogP) is 3.05. The summed E-state index contributed by atoms with van der Waals surface area (Å²) in [5, 5.41) is 14.5. The fourth-order valence-electron chi connectivity index (χ4n) is 3.27. The third kappa shape index (κ3) is 5.09. The molecule has 2 aromatic carbocycles. The smallest absolute Gasteiger partial charge is 0.310 e. The van der Waals surface area contributed by atoms with Gasteiger partial charge in [-0.25, -0.2) is 0 Å². The average Bonchev–Trinajstić information content (AvgIpc) is 2.68. The number of nitrogens with zero attached hydrogens (tertiary/aromatic N) is 2. The van der Waals surface area contributed by atoms with E-state index in [-0.39, 0.29) is 24.1 Å². The second kappa shape index (κ2) is 10.1. The molecule has 27 heavy (non-hydrogen) atoms. The van der Waals surface area contributed by atoms with Crippen molar-refractivity contribution in [2.45, 2.75) is 6.04 Å². The first-order chi connectivity index (χ1) is 12.7. The minimum absolute atomic E-state index is 0. The van der Waals surface area contributed by atoms with E-state index in [4.69, 9.17) is 9.47 Å². The number of methoxy groups -OCH3 is 1. The Kier molecular flexibility index (Phi) is 7.84. The molecule has 0 saturated carbocycles. The number of ether oxygens (including phenoxy) is 2. The van der Waals surface area contributed by atoms with E-state index >= 15 is 0 Å². The Balaban J connectivity index is 0.00000261. The van der Waals surface area contributed by atoms with Gasteiger partial charge in [-0.05, 0) is 12.1 Å². The van der Waals surface area contributed by atoms with Gasteiger partial charge in [0.15, 0.2) is 5.75 Å². The Morgan fingerprint density at radius 3 is 2.63 bits per heavy atom. The lowest BCUT2D eigenvalue weighted by Gasteiger charge is -2.36. The van der Waals surface area contributed by atoms with Gasteiger partial charge in [0.25, 0.3) is 0 Å². The van der Waals surface area contributed by atoms with Crippen molar-refractivity contribution in [1.82, 2.24) is 10.2 Å². The fraction of sp³-hybridized carbons (Fsp3) is 0.368. The zero-order chi connectivity index (χ0) is 18.4. The molecule has 8 heteroatoms. The number of nitro groups is 1. The van der Waals surface area contributed by atoms with Gasteiger partial charge in [0.1, 0.15) is 12.4 Å². The summed E-state index contributed by atoms with van der Waals surface area (Å²) in [5.74, 6) is 1.17. The zero-order valence-electron chi connectivity index (χ0n) is 15.2. The lowest BCUT2D eigenvalue weighted by Crippen LogP contribution is -2.47. The number of para-hydroxylation sites is 3. The molecule has 0 aliphatic carbocycles. The van der Waals surface area contributed by atoms with Gasteiger partial charge in [0, 0.05) is 37.8 Å². The third-order valence-electron chi connectivity index (χ3n) is 4.55. The van der Waals surface area contributed by atoms with E-state index in [0.717, 1.165) is 30.9 Å². The normalized spacial score (nSPS) is 17.0. The zero-order valence-corrected chi connectivity index (χ0v) is 16.0. The highest BCUT2D eigenvalue weighted by Crippen LogP contribution is 2.30. The minimum atomic E-state index is -0.419. The number of benzene rings is 2. The van der Waals surface area contributed by atoms with E-state index in [9.17, 15) is 10.1 Å². The maximum Gasteiger partial charge on any atom is 0.310 e. The molecule has 2 aromatic rings. The summed E-state index contributed by atoms with van der Waals surface area (Å²) in [6.07, 6.45) is 0. The molecule has 1 atom stereocenters. The summed E-state index contributed by atoms with van der Waals surface area (Å²) < 4.78 is 11.2. The molecule has 146 valence electrons. The fourth-order valence-corrected chi connectivity index (χ4v) is 3.27. The van der Waals surface area contributed by atoms with Crippen molar-refractivity contribution in [3.05, 3.63) is 64.2 Å². The van der Waals surface area contributed by atoms with Crippen LogP contribution in [0.5, 0.6) is 11.5 Å². The Bertz CT molecular complexity index is 759. The first kappa shape index (κ1) is 21.0. The van der Waals surface area contributed by atoms with Crippen molar-refractivity contribution in [2.75, 3.05) is 39.9 Å². The number of hydrogen-bond donors (Lipinski definition) is 1. The maximum atomic E-state index is 11.1. The van der Waals surface area contributed by atoms with E-state index in [2.05, 4.69) is 16.3 Å². The summed E-state index contributed by atoms with van der Waals surface area (Å²) in [6, 6.07) is 14.7. The Morgan fingerprint density at radius 1 is 1.19 bits per heavy atom. The first-order valence-corrected chi connectivity index (χ1v) is 8.64. The number of halogens is 1. The molecule has 0 radical (unpaired) electrons. The van der Waals surface area contributed by atoms with Gasteiger partial charge in [-0.3, -0.25) is 15.0 Å². The van der Waals surface area contributed by atoms with Crippen LogP contribution in [0.1, 0.15) is 11.6 Å². The van der Waals surface area contributed by atoms with E-state index < -0.39 is 4.92 Å². The molecule has 1 fully saturated rings. The van der Waals surface area contributed by atoms with Crippen LogP contribution in [0.2, 0.25) is 0 Å². The summed E-state index contributed by atoms with van der Waals surface area (Å²) in [7, 11) is 1.68. The minimum Gasteiger partial charge on any atom is -0.496 e. The van der Waals surface area contributed by atoms with Gasteiger partial charge >= 0.3 is 5.69 Å². The van der Waals surface area contributed by atoms with Crippen LogP contribution in [-0.4, -0.2) is 49.7 Å². The SMILES string of the molecule is COc1ccccc1C1CNCCN1CCOc1ccccc1[N+](=O)[O-].Cl. The van der Waals surface area contributed by atoms with E-state index in [1.165, 1.54) is 6.07 Å². The summed E-state index contributed by atoms with van der Waals surface area (Å²) in [4.78, 5) is 13.0. The average molecular weight is 394 g/mol. The molecular weight excluding hydrogens is 370 g/mol. The number of rotatable bonds is 7. The monoisotopic (exact) mass is 393 g/mol. The molecule has 0 aromatic heterocycles. The van der Waals surface area contributed by atoms with Crippen molar-refractivity contribution in [2.24, 2.45) is 0 Å². The van der Waals surface area contributed by atoms with Crippen LogP contribution < -0.4 is 14.8 Å². The van der Waals surface area contributed by atoms with Gasteiger partial charge in [-0.15, -0.1) is 12.4 Å². The van der Waals surface area contributed by atoms with Gasteiger partial charge in [-0.1, -0.05) is 30.3 Å². The molecule has 1 N–H and O–H groups in total. The first-order valence-electron chi connectivity index (χ1n) is 8.64. The van der Waals surface area contributed by atoms with Gasteiger partial charge in [0.2, 0.25) is 0 Å². The topological polar surface area (TPSA) is 76.9 Å². The number of nitro benzene ring substituents is 1. The predicted molar refractivity (Wildman–Crippen MR) is 106 cm³/mol. The van der Waals surface area contributed by atoms with Crippen LogP contribution >= 0.6 is 12.4 Å². The standard InChI is InChI=1S/C19H23N3O4.ClH/c1-25-18-8-4-2-6-15(18)17-14-20-10-11-21(17)12-13-26-19-9-5-3-7-16(19)22(23)24;/h2-9,17,20H,10-14H2,1H3;1H. The molecule has 3 rings (SSSR count). The van der Waals surface area contributed by atoms with Crippen molar-refractivity contribution in [1.29, 1.82) is 0 Å². The van der Waals surface area contributed by atoms with Crippen molar-refractivity contribution < 1.29 is 14.4 Å². The largest absolute Gasteiger partial charge is 0.496 e. The Hall–Kier alpha value is -2.35. The second-order valence-corrected chi connectivity index (χ2v) is 6.07. The highest BCUT2D eigenvalue weighted by Gasteiger charge is 2.26. The lowest BCUT2D eigenvalue weighted by atomic mass is 10.0. The molecule has 0 spiro atoms. The van der Waals surface area contributed by atoms with Crippen LogP contribution in [0, 0.1) is 10.1 Å². The number of piperazine rings is 1. The van der Waals surface area contributed by atoms with Crippen molar-refractivity contribution >= 4 is 18.1 Å². The molecule has 1 unspecified atom stereocenters. The highest BCUT2D eigenvalue weighted by molar-refractivity contribution is 5.85. The molecule has 0 amide bonds. The Morgan fingerprint density at radius 2 is 1.89 bits per heavy atom. The van der Waals surface area contributed by atoms with Gasteiger partial charge in [-0.2, -0.15) is 0 Å². The summed E-state index contributed by atoms with van der Waals surface area (Å²) in [5.41, 5.74) is 1.13. The number of hydrogen-bond acceptors (Lipinski definition) is 6.